The van der Waals surface area contributed by atoms with Crippen molar-refractivity contribution in [2.75, 3.05) is 12.4 Å². The second-order valence-electron chi connectivity index (χ2n) is 7.28. The van der Waals surface area contributed by atoms with Crippen molar-refractivity contribution >= 4 is 22.8 Å². The van der Waals surface area contributed by atoms with Gasteiger partial charge in [0.15, 0.2) is 11.2 Å². The maximum Gasteiger partial charge on any atom is 0.283 e. The number of benzene rings is 2. The lowest BCUT2D eigenvalue weighted by Crippen LogP contribution is -2.28. The molecule has 9 heteroatoms. The Morgan fingerprint density at radius 3 is 2.74 bits per heavy atom. The second kappa shape index (κ2) is 8.39. The van der Waals surface area contributed by atoms with Gasteiger partial charge in [-0.15, -0.1) is 5.10 Å². The standard InChI is InChI=1S/C22H22N6O3/c1-14-8-9-18(31-3)17(10-14)24-19(29)12-27-13-23-21-20(22(27)30)25-26-28(21)11-16-7-5-4-6-15(16)2/h4-10,13H,11-12H2,1-3H3,(H,24,29). The van der Waals surface area contributed by atoms with Crippen LogP contribution in [0.5, 0.6) is 5.75 Å². The van der Waals surface area contributed by atoms with E-state index in [4.69, 9.17) is 4.74 Å². The molecule has 0 aliphatic carbocycles. The van der Waals surface area contributed by atoms with Crippen LogP contribution >= 0.6 is 0 Å². The van der Waals surface area contributed by atoms with E-state index >= 15 is 0 Å². The monoisotopic (exact) mass is 418 g/mol. The first kappa shape index (κ1) is 20.3. The molecular weight excluding hydrogens is 396 g/mol. The predicted molar refractivity (Wildman–Crippen MR) is 116 cm³/mol. The van der Waals surface area contributed by atoms with Gasteiger partial charge in [-0.05, 0) is 42.7 Å². The molecule has 0 radical (unpaired) electrons. The molecule has 1 N–H and O–H groups in total. The number of rotatable bonds is 6. The summed E-state index contributed by atoms with van der Waals surface area (Å²) in [5.74, 6) is 0.165. The number of aryl methyl sites for hydroxylation is 2. The van der Waals surface area contributed by atoms with E-state index in [9.17, 15) is 9.59 Å². The van der Waals surface area contributed by atoms with Crippen LogP contribution in [0.3, 0.4) is 0 Å². The first-order valence-corrected chi connectivity index (χ1v) is 9.74. The number of nitrogens with zero attached hydrogens (tertiary/aromatic N) is 5. The summed E-state index contributed by atoms with van der Waals surface area (Å²) in [6.07, 6.45) is 1.34. The number of ether oxygens (including phenoxy) is 1. The van der Waals surface area contributed by atoms with Gasteiger partial charge in [0.2, 0.25) is 5.91 Å². The van der Waals surface area contributed by atoms with Gasteiger partial charge < -0.3 is 10.1 Å². The number of methoxy groups -OCH3 is 1. The molecule has 0 atom stereocenters. The van der Waals surface area contributed by atoms with E-state index in [1.54, 1.807) is 16.8 Å². The summed E-state index contributed by atoms with van der Waals surface area (Å²) >= 11 is 0. The van der Waals surface area contributed by atoms with E-state index in [1.807, 2.05) is 44.2 Å². The van der Waals surface area contributed by atoms with E-state index < -0.39 is 5.56 Å². The third kappa shape index (κ3) is 4.16. The molecule has 0 saturated heterocycles. The predicted octanol–water partition coefficient (Wildman–Crippen LogP) is 2.30. The number of hydrogen-bond acceptors (Lipinski definition) is 6. The van der Waals surface area contributed by atoms with Crippen molar-refractivity contribution in [2.45, 2.75) is 26.9 Å². The maximum atomic E-state index is 12.8. The lowest BCUT2D eigenvalue weighted by Gasteiger charge is -2.11. The van der Waals surface area contributed by atoms with E-state index in [-0.39, 0.29) is 18.0 Å². The fraction of sp³-hybridized carbons (Fsp3) is 0.227. The summed E-state index contributed by atoms with van der Waals surface area (Å²) in [4.78, 5) is 29.7. The Kier molecular flexibility index (Phi) is 5.48. The highest BCUT2D eigenvalue weighted by atomic mass is 16.5. The minimum absolute atomic E-state index is 0.122. The van der Waals surface area contributed by atoms with Gasteiger partial charge in [0.05, 0.1) is 19.3 Å². The van der Waals surface area contributed by atoms with Crippen LogP contribution in [-0.4, -0.2) is 37.6 Å². The van der Waals surface area contributed by atoms with Crippen molar-refractivity contribution in [3.63, 3.8) is 0 Å². The molecule has 2 heterocycles. The molecule has 0 aliphatic rings. The fourth-order valence-corrected chi connectivity index (χ4v) is 3.32. The van der Waals surface area contributed by atoms with Crippen molar-refractivity contribution in [3.05, 3.63) is 75.8 Å². The zero-order valence-electron chi connectivity index (χ0n) is 17.5. The molecule has 2 aromatic heterocycles. The lowest BCUT2D eigenvalue weighted by atomic mass is 10.1. The Bertz CT molecular complexity index is 1320. The Hall–Kier alpha value is -4.01. The third-order valence-electron chi connectivity index (χ3n) is 5.02. The molecule has 4 aromatic rings. The van der Waals surface area contributed by atoms with Gasteiger partial charge in [-0.25, -0.2) is 9.67 Å². The van der Waals surface area contributed by atoms with Gasteiger partial charge in [-0.2, -0.15) is 0 Å². The molecule has 31 heavy (non-hydrogen) atoms. The molecule has 0 fully saturated rings. The fourth-order valence-electron chi connectivity index (χ4n) is 3.32. The third-order valence-corrected chi connectivity index (χ3v) is 5.02. The Labute approximate surface area is 178 Å². The van der Waals surface area contributed by atoms with E-state index in [2.05, 4.69) is 20.6 Å². The summed E-state index contributed by atoms with van der Waals surface area (Å²) in [6, 6.07) is 13.4. The largest absolute Gasteiger partial charge is 0.495 e. The zero-order chi connectivity index (χ0) is 22.0. The van der Waals surface area contributed by atoms with Crippen molar-refractivity contribution in [1.29, 1.82) is 0 Å². The van der Waals surface area contributed by atoms with Crippen LogP contribution in [0.4, 0.5) is 5.69 Å². The first-order valence-electron chi connectivity index (χ1n) is 9.74. The van der Waals surface area contributed by atoms with Crippen molar-refractivity contribution in [1.82, 2.24) is 24.5 Å². The van der Waals surface area contributed by atoms with E-state index in [0.29, 0.717) is 23.6 Å². The van der Waals surface area contributed by atoms with E-state index in [1.165, 1.54) is 18.0 Å². The van der Waals surface area contributed by atoms with Crippen LogP contribution < -0.4 is 15.6 Å². The average Bonchev–Trinajstić information content (AvgIpc) is 3.15. The topological polar surface area (TPSA) is 104 Å². The van der Waals surface area contributed by atoms with Crippen LogP contribution in [0.1, 0.15) is 16.7 Å². The van der Waals surface area contributed by atoms with Crippen LogP contribution in [-0.2, 0) is 17.9 Å². The molecule has 0 bridgehead atoms. The smallest absolute Gasteiger partial charge is 0.283 e. The maximum absolute atomic E-state index is 12.8. The molecular formula is C22H22N6O3. The Morgan fingerprint density at radius 1 is 1.16 bits per heavy atom. The second-order valence-corrected chi connectivity index (χ2v) is 7.28. The van der Waals surface area contributed by atoms with E-state index in [0.717, 1.165) is 16.7 Å². The SMILES string of the molecule is COc1ccc(C)cc1NC(=O)Cn1cnc2c(nnn2Cc2ccccc2C)c1=O. The number of fused-ring (bicyclic) bond motifs is 1. The molecule has 1 amide bonds. The summed E-state index contributed by atoms with van der Waals surface area (Å²) in [5.41, 5.74) is 3.77. The number of carbonyl (C=O) groups is 1. The molecule has 0 aliphatic heterocycles. The van der Waals surface area contributed by atoms with Gasteiger partial charge in [0.25, 0.3) is 5.56 Å². The zero-order valence-corrected chi connectivity index (χ0v) is 17.5. The molecule has 158 valence electrons. The summed E-state index contributed by atoms with van der Waals surface area (Å²) in [6.45, 7) is 4.17. The highest BCUT2D eigenvalue weighted by Gasteiger charge is 2.15. The number of hydrogen-bond donors (Lipinski definition) is 1. The van der Waals surface area contributed by atoms with Gasteiger partial charge in [-0.3, -0.25) is 14.2 Å². The minimum atomic E-state index is -0.424. The van der Waals surface area contributed by atoms with Crippen molar-refractivity contribution in [2.24, 2.45) is 0 Å². The molecule has 2 aromatic carbocycles. The number of anilines is 1. The summed E-state index contributed by atoms with van der Waals surface area (Å²) in [5, 5.41) is 10.9. The number of amides is 1. The van der Waals surface area contributed by atoms with Crippen LogP contribution in [0.2, 0.25) is 0 Å². The van der Waals surface area contributed by atoms with Crippen molar-refractivity contribution < 1.29 is 9.53 Å². The molecule has 0 spiro atoms. The van der Waals surface area contributed by atoms with Gasteiger partial charge >= 0.3 is 0 Å². The Morgan fingerprint density at radius 2 is 1.97 bits per heavy atom. The minimum Gasteiger partial charge on any atom is -0.495 e. The molecule has 0 unspecified atom stereocenters. The normalized spacial score (nSPS) is 10.9. The summed E-state index contributed by atoms with van der Waals surface area (Å²) < 4.78 is 8.08. The number of aromatic nitrogens is 5. The molecule has 9 nitrogen and oxygen atoms in total. The molecule has 4 rings (SSSR count). The van der Waals surface area contributed by atoms with Crippen molar-refractivity contribution in [3.8, 4) is 5.75 Å². The van der Waals surface area contributed by atoms with Gasteiger partial charge in [0.1, 0.15) is 18.6 Å². The average molecular weight is 418 g/mol. The summed E-state index contributed by atoms with van der Waals surface area (Å²) in [7, 11) is 1.53. The lowest BCUT2D eigenvalue weighted by molar-refractivity contribution is -0.116. The first-order chi connectivity index (χ1) is 15.0. The molecule has 0 saturated carbocycles. The van der Waals surface area contributed by atoms with Crippen LogP contribution in [0.15, 0.2) is 53.6 Å². The van der Waals surface area contributed by atoms with Crippen LogP contribution in [0.25, 0.3) is 11.2 Å². The number of carbonyl (C=O) groups excluding carboxylic acids is 1. The van der Waals surface area contributed by atoms with Crippen LogP contribution in [0, 0.1) is 13.8 Å². The highest BCUT2D eigenvalue weighted by molar-refractivity contribution is 5.92. The van der Waals surface area contributed by atoms with Gasteiger partial charge in [0, 0.05) is 0 Å². The quantitative estimate of drug-likeness (QED) is 0.515. The number of nitrogens with one attached hydrogen (secondary N) is 1. The highest BCUT2D eigenvalue weighted by Crippen LogP contribution is 2.25. The van der Waals surface area contributed by atoms with Gasteiger partial charge in [-0.1, -0.05) is 35.5 Å². The Balaban J connectivity index is 1.56.